The first-order chi connectivity index (χ1) is 8.58. The molecule has 1 aliphatic rings. The van der Waals surface area contributed by atoms with E-state index < -0.39 is 12.1 Å². The lowest BCUT2D eigenvalue weighted by molar-refractivity contribution is -0.142. The number of rotatable bonds is 0. The molecule has 0 aliphatic carbocycles. The Morgan fingerprint density at radius 1 is 1.11 bits per heavy atom. The Morgan fingerprint density at radius 2 is 1.83 bits per heavy atom. The minimum atomic E-state index is -0.689. The fraction of sp³-hybridized carbons (Fsp3) is 0.786. The van der Waals surface area contributed by atoms with Gasteiger partial charge in [-0.25, -0.2) is 4.79 Å². The van der Waals surface area contributed by atoms with Crippen LogP contribution in [0.2, 0.25) is 0 Å². The second kappa shape index (κ2) is 8.27. The summed E-state index contributed by atoms with van der Waals surface area (Å²) < 4.78 is 5.18. The molecule has 0 saturated carbocycles. The first-order valence-corrected chi connectivity index (χ1v) is 6.83. The maximum absolute atomic E-state index is 11.4. The maximum atomic E-state index is 11.4. The smallest absolute Gasteiger partial charge is 0.330 e. The Hall–Kier alpha value is -0.870. The topological polar surface area (TPSA) is 66.8 Å². The highest BCUT2D eigenvalue weighted by molar-refractivity contribution is 5.82. The lowest BCUT2D eigenvalue weighted by atomic mass is 10.0. The van der Waals surface area contributed by atoms with Gasteiger partial charge in [-0.15, -0.1) is 0 Å². The minimum Gasteiger partial charge on any atom is -0.460 e. The Bertz CT molecular complexity index is 275. The van der Waals surface area contributed by atoms with Crippen LogP contribution in [-0.4, -0.2) is 34.5 Å². The summed E-state index contributed by atoms with van der Waals surface area (Å²) >= 11 is 0. The molecule has 2 N–H and O–H groups in total. The summed E-state index contributed by atoms with van der Waals surface area (Å²) in [5, 5.41) is 19.3. The molecule has 0 bridgehead atoms. The van der Waals surface area contributed by atoms with Gasteiger partial charge in [-0.1, -0.05) is 12.8 Å². The van der Waals surface area contributed by atoms with Crippen molar-refractivity contribution in [3.05, 3.63) is 12.2 Å². The Labute approximate surface area is 109 Å². The number of cyclic esters (lactones) is 1. The Kier molecular flexibility index (Phi) is 6.98. The van der Waals surface area contributed by atoms with Crippen LogP contribution < -0.4 is 0 Å². The predicted octanol–water partition coefficient (Wildman–Crippen LogP) is 1.94. The third-order valence-electron chi connectivity index (χ3n) is 3.22. The van der Waals surface area contributed by atoms with Crippen molar-refractivity contribution in [2.75, 3.05) is 0 Å². The molecule has 18 heavy (non-hydrogen) atoms. The van der Waals surface area contributed by atoms with E-state index in [4.69, 9.17) is 4.74 Å². The van der Waals surface area contributed by atoms with Crippen LogP contribution in [-0.2, 0) is 9.53 Å². The van der Waals surface area contributed by atoms with Gasteiger partial charge < -0.3 is 14.9 Å². The SMILES string of the molecule is CC1CCCCCC(O)CCC(O)C=CC(=O)O1. The second-order valence-corrected chi connectivity index (χ2v) is 5.04. The number of hydrogen-bond acceptors (Lipinski definition) is 4. The monoisotopic (exact) mass is 256 g/mol. The van der Waals surface area contributed by atoms with Gasteiger partial charge >= 0.3 is 5.97 Å². The standard InChI is InChI=1S/C14H24O4/c1-11-5-3-2-4-6-12(15)7-8-13(16)9-10-14(17)18-11/h9-13,15-16H,2-8H2,1H3. The number of aliphatic hydroxyl groups excluding tert-OH is 2. The molecular formula is C14H24O4. The van der Waals surface area contributed by atoms with E-state index in [-0.39, 0.29) is 12.2 Å². The molecule has 0 amide bonds. The van der Waals surface area contributed by atoms with Crippen molar-refractivity contribution >= 4 is 5.97 Å². The highest BCUT2D eigenvalue weighted by Crippen LogP contribution is 2.14. The number of carbonyl (C=O) groups excluding carboxylic acids is 1. The van der Waals surface area contributed by atoms with Crippen molar-refractivity contribution in [1.82, 2.24) is 0 Å². The third kappa shape index (κ3) is 6.77. The minimum absolute atomic E-state index is 0.0906. The van der Waals surface area contributed by atoms with E-state index in [0.717, 1.165) is 32.1 Å². The van der Waals surface area contributed by atoms with Crippen LogP contribution >= 0.6 is 0 Å². The fourth-order valence-corrected chi connectivity index (χ4v) is 2.08. The molecule has 104 valence electrons. The molecule has 0 saturated heterocycles. The zero-order valence-electron chi connectivity index (χ0n) is 11.0. The van der Waals surface area contributed by atoms with Crippen molar-refractivity contribution in [3.8, 4) is 0 Å². The van der Waals surface area contributed by atoms with Crippen LogP contribution in [0.3, 0.4) is 0 Å². The van der Waals surface area contributed by atoms with Crippen molar-refractivity contribution in [1.29, 1.82) is 0 Å². The molecule has 1 rings (SSSR count). The van der Waals surface area contributed by atoms with E-state index in [2.05, 4.69) is 0 Å². The summed E-state index contributed by atoms with van der Waals surface area (Å²) in [7, 11) is 0. The summed E-state index contributed by atoms with van der Waals surface area (Å²) in [5.41, 5.74) is 0. The van der Waals surface area contributed by atoms with E-state index in [0.29, 0.717) is 12.8 Å². The van der Waals surface area contributed by atoms with E-state index >= 15 is 0 Å². The van der Waals surface area contributed by atoms with Crippen LogP contribution in [0, 0.1) is 0 Å². The first-order valence-electron chi connectivity index (χ1n) is 6.83. The normalized spacial score (nSPS) is 32.6. The van der Waals surface area contributed by atoms with Crippen LogP contribution in [0.1, 0.15) is 51.9 Å². The van der Waals surface area contributed by atoms with Gasteiger partial charge in [0.25, 0.3) is 0 Å². The molecule has 4 nitrogen and oxygen atoms in total. The maximum Gasteiger partial charge on any atom is 0.330 e. The van der Waals surface area contributed by atoms with Crippen molar-refractivity contribution in [3.63, 3.8) is 0 Å². The summed E-state index contributed by atoms with van der Waals surface area (Å²) in [6.45, 7) is 1.88. The zero-order valence-corrected chi connectivity index (χ0v) is 11.0. The molecule has 0 fully saturated rings. The van der Waals surface area contributed by atoms with E-state index in [1.807, 2.05) is 6.92 Å². The van der Waals surface area contributed by atoms with Gasteiger partial charge in [0.15, 0.2) is 0 Å². The van der Waals surface area contributed by atoms with Crippen LogP contribution in [0.25, 0.3) is 0 Å². The van der Waals surface area contributed by atoms with Crippen LogP contribution in [0.4, 0.5) is 0 Å². The molecule has 1 heterocycles. The quantitative estimate of drug-likeness (QED) is 0.650. The number of carbonyl (C=O) groups is 1. The van der Waals surface area contributed by atoms with Gasteiger partial charge in [-0.3, -0.25) is 0 Å². The summed E-state index contributed by atoms with van der Waals surface area (Å²) in [6, 6.07) is 0. The first kappa shape index (κ1) is 15.2. The van der Waals surface area contributed by atoms with Crippen LogP contribution in [0.15, 0.2) is 12.2 Å². The van der Waals surface area contributed by atoms with Gasteiger partial charge in [-0.05, 0) is 45.1 Å². The van der Waals surface area contributed by atoms with E-state index in [1.54, 1.807) is 0 Å². The highest BCUT2D eigenvalue weighted by atomic mass is 16.5. The van der Waals surface area contributed by atoms with Gasteiger partial charge in [0.2, 0.25) is 0 Å². The van der Waals surface area contributed by atoms with E-state index in [9.17, 15) is 15.0 Å². The van der Waals surface area contributed by atoms with Gasteiger partial charge in [0.1, 0.15) is 0 Å². The molecule has 0 aromatic heterocycles. The molecule has 4 heteroatoms. The lowest BCUT2D eigenvalue weighted by Gasteiger charge is -2.15. The average molecular weight is 256 g/mol. The van der Waals surface area contributed by atoms with Gasteiger partial charge in [0, 0.05) is 6.08 Å². The molecule has 3 unspecified atom stereocenters. The number of esters is 1. The third-order valence-corrected chi connectivity index (χ3v) is 3.22. The molecule has 0 aromatic rings. The number of ether oxygens (including phenoxy) is 1. The number of aliphatic hydroxyl groups is 2. The zero-order chi connectivity index (χ0) is 13.4. The lowest BCUT2D eigenvalue weighted by Crippen LogP contribution is -2.15. The molecule has 0 aromatic carbocycles. The highest BCUT2D eigenvalue weighted by Gasteiger charge is 2.11. The summed E-state index contributed by atoms with van der Waals surface area (Å²) in [5.74, 6) is -0.404. The molecular weight excluding hydrogens is 232 g/mol. The average Bonchev–Trinajstić information content (AvgIpc) is 2.32. The van der Waals surface area contributed by atoms with Crippen molar-refractivity contribution < 1.29 is 19.7 Å². The second-order valence-electron chi connectivity index (χ2n) is 5.04. The van der Waals surface area contributed by atoms with Crippen molar-refractivity contribution in [2.45, 2.75) is 70.2 Å². The summed E-state index contributed by atoms with van der Waals surface area (Å²) in [4.78, 5) is 11.4. The predicted molar refractivity (Wildman–Crippen MR) is 69.0 cm³/mol. The van der Waals surface area contributed by atoms with E-state index in [1.165, 1.54) is 12.2 Å². The fourth-order valence-electron chi connectivity index (χ4n) is 2.08. The summed E-state index contributed by atoms with van der Waals surface area (Å²) in [6.07, 6.45) is 7.28. The molecule has 0 radical (unpaired) electrons. The Morgan fingerprint density at radius 3 is 2.61 bits per heavy atom. The number of hydrogen-bond donors (Lipinski definition) is 2. The molecule has 0 spiro atoms. The van der Waals surface area contributed by atoms with Gasteiger partial charge in [-0.2, -0.15) is 0 Å². The van der Waals surface area contributed by atoms with Crippen molar-refractivity contribution in [2.24, 2.45) is 0 Å². The Balaban J connectivity index is 2.51. The van der Waals surface area contributed by atoms with Crippen LogP contribution in [0.5, 0.6) is 0 Å². The van der Waals surface area contributed by atoms with Gasteiger partial charge in [0.05, 0.1) is 18.3 Å². The molecule has 1 aliphatic heterocycles. The molecule has 3 atom stereocenters. The largest absolute Gasteiger partial charge is 0.460 e.